The van der Waals surface area contributed by atoms with Crippen molar-refractivity contribution in [1.29, 1.82) is 0 Å². The first-order valence-corrected chi connectivity index (χ1v) is 9.45. The molecule has 0 unspecified atom stereocenters. The molecule has 0 spiro atoms. The minimum absolute atomic E-state index is 0.143. The second-order valence-corrected chi connectivity index (χ2v) is 7.19. The molecule has 2 aromatic heterocycles. The zero-order valence-corrected chi connectivity index (χ0v) is 14.6. The highest BCUT2D eigenvalue weighted by molar-refractivity contribution is 7.13. The van der Waals surface area contributed by atoms with Gasteiger partial charge in [0.2, 0.25) is 5.91 Å². The number of amides is 1. The summed E-state index contributed by atoms with van der Waals surface area (Å²) in [6.45, 7) is 0. The first-order chi connectivity index (χ1) is 12.3. The van der Waals surface area contributed by atoms with Gasteiger partial charge in [-0.1, -0.05) is 25.0 Å². The Labute approximate surface area is 151 Å². The molecule has 4 rings (SSSR count). The monoisotopic (exact) mass is 349 g/mol. The molecule has 1 aliphatic carbocycles. The van der Waals surface area contributed by atoms with E-state index in [2.05, 4.69) is 10.3 Å². The number of hydrogen-bond acceptors (Lipinski definition) is 4. The van der Waals surface area contributed by atoms with Gasteiger partial charge in [-0.25, -0.2) is 4.98 Å². The Morgan fingerprint density at radius 1 is 1.12 bits per heavy atom. The van der Waals surface area contributed by atoms with Crippen LogP contribution in [0.2, 0.25) is 0 Å². The minimum Gasteiger partial charge on any atom is -0.326 e. The molecule has 1 aromatic carbocycles. The van der Waals surface area contributed by atoms with Crippen LogP contribution < -0.4 is 5.32 Å². The van der Waals surface area contributed by atoms with Gasteiger partial charge < -0.3 is 5.32 Å². The summed E-state index contributed by atoms with van der Waals surface area (Å²) < 4.78 is 0. The van der Waals surface area contributed by atoms with Crippen LogP contribution in [0.4, 0.5) is 5.69 Å². The lowest BCUT2D eigenvalue weighted by molar-refractivity contribution is -0.119. The van der Waals surface area contributed by atoms with Gasteiger partial charge in [0, 0.05) is 40.5 Å². The topological polar surface area (TPSA) is 54.9 Å². The molecular weight excluding hydrogens is 330 g/mol. The third-order valence-corrected chi connectivity index (χ3v) is 5.46. The summed E-state index contributed by atoms with van der Waals surface area (Å²) in [4.78, 5) is 21.2. The second-order valence-electron chi connectivity index (χ2n) is 6.33. The van der Waals surface area contributed by atoms with Crippen molar-refractivity contribution in [3.05, 3.63) is 54.2 Å². The molecule has 4 nitrogen and oxygen atoms in total. The molecule has 0 atom stereocenters. The van der Waals surface area contributed by atoms with Crippen molar-refractivity contribution >= 4 is 22.9 Å². The first-order valence-electron chi connectivity index (χ1n) is 8.57. The van der Waals surface area contributed by atoms with E-state index in [1.54, 1.807) is 17.5 Å². The molecule has 3 aromatic rings. The number of carbonyl (C=O) groups excluding carboxylic acids is 1. The number of nitrogens with one attached hydrogen (secondary N) is 1. The largest absolute Gasteiger partial charge is 0.326 e. The smallest absolute Gasteiger partial charge is 0.227 e. The van der Waals surface area contributed by atoms with Crippen LogP contribution in [0.15, 0.2) is 54.2 Å². The fraction of sp³-hybridized carbons (Fsp3) is 0.250. The number of benzene rings is 1. The van der Waals surface area contributed by atoms with E-state index in [1.807, 2.05) is 48.0 Å². The third kappa shape index (κ3) is 3.61. The number of nitrogens with zero attached hydrogens (tertiary/aromatic N) is 2. The van der Waals surface area contributed by atoms with Gasteiger partial charge in [0.15, 0.2) is 0 Å². The average Bonchev–Trinajstić information content (AvgIpc) is 3.35. The highest BCUT2D eigenvalue weighted by Gasteiger charge is 2.22. The maximum absolute atomic E-state index is 12.3. The van der Waals surface area contributed by atoms with Gasteiger partial charge in [0.05, 0.1) is 5.69 Å². The van der Waals surface area contributed by atoms with E-state index in [0.29, 0.717) is 0 Å². The predicted octanol–water partition coefficient (Wildman–Crippen LogP) is 5.00. The number of aromatic nitrogens is 2. The Morgan fingerprint density at radius 3 is 2.76 bits per heavy atom. The second kappa shape index (κ2) is 7.15. The van der Waals surface area contributed by atoms with Crippen molar-refractivity contribution < 1.29 is 4.79 Å². The molecular formula is C20H19N3OS. The van der Waals surface area contributed by atoms with Crippen molar-refractivity contribution in [1.82, 2.24) is 9.97 Å². The van der Waals surface area contributed by atoms with Gasteiger partial charge in [-0.2, -0.15) is 0 Å². The Bertz CT molecular complexity index is 869. The zero-order valence-electron chi connectivity index (χ0n) is 13.8. The van der Waals surface area contributed by atoms with Crippen LogP contribution in [0.5, 0.6) is 0 Å². The SMILES string of the molecule is O=C(Nc1cccc(-c2csc(-c3cccnc3)n2)c1)C1CCCC1. The average molecular weight is 349 g/mol. The van der Waals surface area contributed by atoms with E-state index >= 15 is 0 Å². The van der Waals surface area contributed by atoms with Gasteiger partial charge in [0.1, 0.15) is 5.01 Å². The van der Waals surface area contributed by atoms with E-state index in [0.717, 1.165) is 53.2 Å². The Hall–Kier alpha value is -2.53. The van der Waals surface area contributed by atoms with Crippen LogP contribution in [0.3, 0.4) is 0 Å². The van der Waals surface area contributed by atoms with Crippen molar-refractivity contribution in [3.63, 3.8) is 0 Å². The molecule has 1 saturated carbocycles. The quantitative estimate of drug-likeness (QED) is 0.721. The molecule has 0 aliphatic heterocycles. The van der Waals surface area contributed by atoms with Crippen molar-refractivity contribution in [2.75, 3.05) is 5.32 Å². The highest BCUT2D eigenvalue weighted by atomic mass is 32.1. The fourth-order valence-corrected chi connectivity index (χ4v) is 4.04. The zero-order chi connectivity index (χ0) is 17.1. The summed E-state index contributed by atoms with van der Waals surface area (Å²) in [7, 11) is 0. The van der Waals surface area contributed by atoms with Crippen molar-refractivity contribution in [3.8, 4) is 21.8 Å². The Balaban J connectivity index is 1.53. The molecule has 5 heteroatoms. The lowest BCUT2D eigenvalue weighted by Crippen LogP contribution is -2.20. The molecule has 1 N–H and O–H groups in total. The van der Waals surface area contributed by atoms with Crippen LogP contribution in [-0.2, 0) is 4.79 Å². The summed E-state index contributed by atoms with van der Waals surface area (Å²) in [5.74, 6) is 0.309. The minimum atomic E-state index is 0.143. The predicted molar refractivity (Wildman–Crippen MR) is 101 cm³/mol. The van der Waals surface area contributed by atoms with Crippen LogP contribution in [0, 0.1) is 5.92 Å². The van der Waals surface area contributed by atoms with Gasteiger partial charge in [0.25, 0.3) is 0 Å². The number of hydrogen-bond donors (Lipinski definition) is 1. The molecule has 0 bridgehead atoms. The molecule has 126 valence electrons. The molecule has 1 amide bonds. The summed E-state index contributed by atoms with van der Waals surface area (Å²) in [5, 5.41) is 6.05. The van der Waals surface area contributed by atoms with Crippen LogP contribution >= 0.6 is 11.3 Å². The molecule has 1 aliphatic rings. The fourth-order valence-electron chi connectivity index (χ4n) is 3.22. The maximum atomic E-state index is 12.3. The highest BCUT2D eigenvalue weighted by Crippen LogP contribution is 2.30. The number of anilines is 1. The summed E-state index contributed by atoms with van der Waals surface area (Å²) in [5.41, 5.74) is 3.78. The van der Waals surface area contributed by atoms with E-state index in [1.165, 1.54) is 0 Å². The number of carbonyl (C=O) groups is 1. The van der Waals surface area contributed by atoms with Crippen LogP contribution in [0.1, 0.15) is 25.7 Å². The van der Waals surface area contributed by atoms with Crippen LogP contribution in [-0.4, -0.2) is 15.9 Å². The molecule has 0 radical (unpaired) electrons. The summed E-state index contributed by atoms with van der Waals surface area (Å²) in [6.07, 6.45) is 7.91. The van der Waals surface area contributed by atoms with Gasteiger partial charge >= 0.3 is 0 Å². The maximum Gasteiger partial charge on any atom is 0.227 e. The summed E-state index contributed by atoms with van der Waals surface area (Å²) >= 11 is 1.60. The third-order valence-electron chi connectivity index (χ3n) is 4.56. The lowest BCUT2D eigenvalue weighted by atomic mass is 10.1. The Kier molecular flexibility index (Phi) is 4.57. The molecule has 25 heavy (non-hydrogen) atoms. The van der Waals surface area contributed by atoms with E-state index in [9.17, 15) is 4.79 Å². The summed E-state index contributed by atoms with van der Waals surface area (Å²) in [6, 6.07) is 11.8. The van der Waals surface area contributed by atoms with Crippen molar-refractivity contribution in [2.24, 2.45) is 5.92 Å². The van der Waals surface area contributed by atoms with Crippen molar-refractivity contribution in [2.45, 2.75) is 25.7 Å². The molecule has 1 fully saturated rings. The normalized spacial score (nSPS) is 14.6. The standard InChI is InChI=1S/C20H19N3OS/c24-19(14-5-1-2-6-14)22-17-9-3-7-15(11-17)18-13-25-20(23-18)16-8-4-10-21-12-16/h3-4,7-14H,1-2,5-6H2,(H,22,24). The van der Waals surface area contributed by atoms with Crippen LogP contribution in [0.25, 0.3) is 21.8 Å². The van der Waals surface area contributed by atoms with E-state index in [4.69, 9.17) is 4.98 Å². The van der Waals surface area contributed by atoms with Gasteiger partial charge in [-0.15, -0.1) is 11.3 Å². The number of rotatable bonds is 4. The van der Waals surface area contributed by atoms with E-state index in [-0.39, 0.29) is 11.8 Å². The van der Waals surface area contributed by atoms with E-state index < -0.39 is 0 Å². The van der Waals surface area contributed by atoms with Gasteiger partial charge in [-0.3, -0.25) is 9.78 Å². The first kappa shape index (κ1) is 16.0. The van der Waals surface area contributed by atoms with Gasteiger partial charge in [-0.05, 0) is 37.1 Å². The lowest BCUT2D eigenvalue weighted by Gasteiger charge is -2.11. The number of pyridine rings is 1. The number of thiazole rings is 1. The Morgan fingerprint density at radius 2 is 1.96 bits per heavy atom. The molecule has 2 heterocycles. The molecule has 0 saturated heterocycles.